The minimum Gasteiger partial charge on any atom is -0.456 e. The van der Waals surface area contributed by atoms with Crippen molar-refractivity contribution in [3.05, 3.63) is 22.4 Å². The number of aryl methyl sites for hydroxylation is 1. The highest BCUT2D eigenvalue weighted by molar-refractivity contribution is 7.09. The molecule has 0 spiro atoms. The maximum atomic E-state index is 11.5. The Balaban J connectivity index is 2.12. The number of amides is 3. The Morgan fingerprint density at radius 2 is 2.14 bits per heavy atom. The first kappa shape index (κ1) is 18.2. The van der Waals surface area contributed by atoms with Crippen molar-refractivity contribution < 1.29 is 19.1 Å². The molecule has 0 aromatic carbocycles. The molecule has 1 aromatic rings. The summed E-state index contributed by atoms with van der Waals surface area (Å²) in [5, 5.41) is 6.69. The molecule has 1 aromatic heterocycles. The van der Waals surface area contributed by atoms with E-state index in [9.17, 15) is 14.4 Å². The van der Waals surface area contributed by atoms with Crippen molar-refractivity contribution in [1.29, 1.82) is 0 Å². The molecular weight excluding hydrogens is 304 g/mol. The zero-order chi connectivity index (χ0) is 16.4. The van der Waals surface area contributed by atoms with Gasteiger partial charge in [0.15, 0.2) is 6.61 Å². The molecule has 0 aliphatic rings. The van der Waals surface area contributed by atoms with Crippen LogP contribution in [0.1, 0.15) is 38.0 Å². The molecule has 6 nitrogen and oxygen atoms in total. The van der Waals surface area contributed by atoms with Crippen molar-refractivity contribution >= 4 is 29.2 Å². The highest BCUT2D eigenvalue weighted by atomic mass is 32.1. The number of hydrogen-bond donors (Lipinski definition) is 2. The Kier molecular flexibility index (Phi) is 8.21. The van der Waals surface area contributed by atoms with Crippen LogP contribution >= 0.6 is 11.3 Å². The second-order valence-electron chi connectivity index (χ2n) is 4.92. The molecule has 7 heteroatoms. The van der Waals surface area contributed by atoms with Crippen LogP contribution in [0.25, 0.3) is 0 Å². The fraction of sp³-hybridized carbons (Fsp3) is 0.533. The van der Waals surface area contributed by atoms with Crippen LogP contribution in [0.15, 0.2) is 17.5 Å². The summed E-state index contributed by atoms with van der Waals surface area (Å²) in [5.74, 6) is -1.07. The van der Waals surface area contributed by atoms with Crippen molar-refractivity contribution in [3.63, 3.8) is 0 Å². The Morgan fingerprint density at radius 3 is 2.77 bits per heavy atom. The van der Waals surface area contributed by atoms with Crippen LogP contribution in [0, 0.1) is 0 Å². The summed E-state index contributed by atoms with van der Waals surface area (Å²) < 4.78 is 4.83. The molecule has 0 bridgehead atoms. The summed E-state index contributed by atoms with van der Waals surface area (Å²) in [4.78, 5) is 35.5. The highest BCUT2D eigenvalue weighted by Gasteiger charge is 2.12. The number of carbonyl (C=O) groups is 3. The molecule has 1 atom stereocenters. The van der Waals surface area contributed by atoms with Gasteiger partial charge in [0.05, 0.1) is 0 Å². The second kappa shape index (κ2) is 9.94. The quantitative estimate of drug-likeness (QED) is 0.718. The van der Waals surface area contributed by atoms with Gasteiger partial charge in [0.25, 0.3) is 5.91 Å². The van der Waals surface area contributed by atoms with Gasteiger partial charge in [-0.2, -0.15) is 0 Å². The lowest BCUT2D eigenvalue weighted by Gasteiger charge is -2.11. The molecule has 122 valence electrons. The van der Waals surface area contributed by atoms with Crippen LogP contribution in [-0.2, 0) is 20.7 Å². The Bertz CT molecular complexity index is 488. The third kappa shape index (κ3) is 7.78. The molecule has 22 heavy (non-hydrogen) atoms. The molecule has 0 saturated carbocycles. The number of thiophene rings is 1. The normalized spacial score (nSPS) is 11.5. The first-order valence-electron chi connectivity index (χ1n) is 7.29. The first-order valence-corrected chi connectivity index (χ1v) is 8.17. The summed E-state index contributed by atoms with van der Waals surface area (Å²) in [5.41, 5.74) is 0. The minimum atomic E-state index is -0.632. The summed E-state index contributed by atoms with van der Waals surface area (Å²) >= 11 is 1.65. The number of rotatable bonds is 8. The van der Waals surface area contributed by atoms with Gasteiger partial charge in [-0.05, 0) is 37.6 Å². The predicted molar refractivity (Wildman–Crippen MR) is 84.6 cm³/mol. The number of ether oxygens (including phenoxy) is 1. The SMILES string of the molecule is CC[C@H](C)NC(=O)NC(=O)COC(=O)CCCc1cccs1. The zero-order valence-electron chi connectivity index (χ0n) is 12.9. The van der Waals surface area contributed by atoms with Crippen LogP contribution < -0.4 is 10.6 Å². The molecule has 0 radical (unpaired) electrons. The molecule has 3 amide bonds. The monoisotopic (exact) mass is 326 g/mol. The van der Waals surface area contributed by atoms with Gasteiger partial charge in [-0.25, -0.2) is 4.79 Å². The molecule has 0 aliphatic carbocycles. The molecular formula is C15H22N2O4S. The van der Waals surface area contributed by atoms with Crippen molar-refractivity contribution in [1.82, 2.24) is 10.6 Å². The average Bonchev–Trinajstić information content (AvgIpc) is 2.98. The Hall–Kier alpha value is -1.89. The van der Waals surface area contributed by atoms with E-state index in [0.717, 1.165) is 12.8 Å². The summed E-state index contributed by atoms with van der Waals surface area (Å²) in [7, 11) is 0. The third-order valence-corrected chi connectivity index (χ3v) is 3.93. The van der Waals surface area contributed by atoms with E-state index in [1.807, 2.05) is 31.4 Å². The summed E-state index contributed by atoms with van der Waals surface area (Å²) in [6.07, 6.45) is 2.51. The van der Waals surface area contributed by atoms with Crippen LogP contribution in [0.5, 0.6) is 0 Å². The van der Waals surface area contributed by atoms with Crippen molar-refractivity contribution in [2.45, 2.75) is 45.6 Å². The first-order chi connectivity index (χ1) is 10.5. The van der Waals surface area contributed by atoms with Gasteiger partial charge in [0, 0.05) is 17.3 Å². The number of hydrogen-bond acceptors (Lipinski definition) is 5. The minimum absolute atomic E-state index is 0.0207. The van der Waals surface area contributed by atoms with E-state index in [1.54, 1.807) is 11.3 Å². The van der Waals surface area contributed by atoms with Gasteiger partial charge in [-0.15, -0.1) is 11.3 Å². The van der Waals surface area contributed by atoms with Gasteiger partial charge in [0.2, 0.25) is 0 Å². The smallest absolute Gasteiger partial charge is 0.321 e. The maximum Gasteiger partial charge on any atom is 0.321 e. The summed E-state index contributed by atoms with van der Waals surface area (Å²) in [6.45, 7) is 3.31. The molecule has 1 heterocycles. The standard InChI is InChI=1S/C15H22N2O4S/c1-3-11(2)16-15(20)17-13(18)10-21-14(19)8-4-6-12-7-5-9-22-12/h5,7,9,11H,3-4,6,8,10H2,1-2H3,(H2,16,17,18,20)/t11-/m0/s1. The molecule has 0 fully saturated rings. The largest absolute Gasteiger partial charge is 0.456 e. The van der Waals surface area contributed by atoms with Gasteiger partial charge >= 0.3 is 12.0 Å². The van der Waals surface area contributed by atoms with Gasteiger partial charge in [0.1, 0.15) is 0 Å². The number of urea groups is 1. The molecule has 0 aliphatic heterocycles. The lowest BCUT2D eigenvalue weighted by Crippen LogP contribution is -2.44. The number of esters is 1. The van der Waals surface area contributed by atoms with E-state index in [2.05, 4.69) is 10.6 Å². The maximum absolute atomic E-state index is 11.5. The van der Waals surface area contributed by atoms with Gasteiger partial charge in [-0.1, -0.05) is 13.0 Å². The van der Waals surface area contributed by atoms with Crippen LogP contribution in [-0.4, -0.2) is 30.6 Å². The molecule has 0 unspecified atom stereocenters. The fourth-order valence-electron chi connectivity index (χ4n) is 1.60. The topological polar surface area (TPSA) is 84.5 Å². The van der Waals surface area contributed by atoms with Crippen molar-refractivity contribution in [2.24, 2.45) is 0 Å². The summed E-state index contributed by atoms with van der Waals surface area (Å²) in [6, 6.07) is 3.38. The highest BCUT2D eigenvalue weighted by Crippen LogP contribution is 2.12. The lowest BCUT2D eigenvalue weighted by atomic mass is 10.2. The van der Waals surface area contributed by atoms with E-state index in [-0.39, 0.29) is 12.5 Å². The molecule has 2 N–H and O–H groups in total. The van der Waals surface area contributed by atoms with Gasteiger partial charge in [-0.3, -0.25) is 14.9 Å². The number of carbonyl (C=O) groups excluding carboxylic acids is 3. The number of nitrogens with one attached hydrogen (secondary N) is 2. The molecule has 1 rings (SSSR count). The number of imide groups is 1. The average molecular weight is 326 g/mol. The second-order valence-corrected chi connectivity index (χ2v) is 5.96. The van der Waals surface area contributed by atoms with Crippen molar-refractivity contribution in [2.75, 3.05) is 6.61 Å². The Labute approximate surface area is 134 Å². The fourth-order valence-corrected chi connectivity index (χ4v) is 2.36. The van der Waals surface area contributed by atoms with Gasteiger partial charge < -0.3 is 10.1 Å². The van der Waals surface area contributed by atoms with E-state index in [1.165, 1.54) is 4.88 Å². The lowest BCUT2D eigenvalue weighted by molar-refractivity contribution is -0.148. The Morgan fingerprint density at radius 1 is 1.36 bits per heavy atom. The zero-order valence-corrected chi connectivity index (χ0v) is 13.7. The van der Waals surface area contributed by atoms with Crippen molar-refractivity contribution in [3.8, 4) is 0 Å². The van der Waals surface area contributed by atoms with E-state index < -0.39 is 24.5 Å². The van der Waals surface area contributed by atoms with Crippen LogP contribution in [0.2, 0.25) is 0 Å². The molecule has 0 saturated heterocycles. The van der Waals surface area contributed by atoms with E-state index >= 15 is 0 Å². The predicted octanol–water partition coefficient (Wildman–Crippen LogP) is 2.24. The van der Waals surface area contributed by atoms with Crippen LogP contribution in [0.3, 0.4) is 0 Å². The third-order valence-electron chi connectivity index (χ3n) is 2.99. The van der Waals surface area contributed by atoms with E-state index in [4.69, 9.17) is 4.74 Å². The van der Waals surface area contributed by atoms with Crippen LogP contribution in [0.4, 0.5) is 4.79 Å². The van der Waals surface area contributed by atoms with E-state index in [0.29, 0.717) is 6.42 Å².